The van der Waals surface area contributed by atoms with Crippen molar-refractivity contribution in [2.45, 2.75) is 19.4 Å². The maximum Gasteiger partial charge on any atom is 0.146 e. The number of pyridine rings is 1. The van der Waals surface area contributed by atoms with Crippen LogP contribution in [0.5, 0.6) is 0 Å². The summed E-state index contributed by atoms with van der Waals surface area (Å²) in [5.41, 5.74) is 0.586. The van der Waals surface area contributed by atoms with Gasteiger partial charge >= 0.3 is 0 Å². The van der Waals surface area contributed by atoms with Gasteiger partial charge in [0.15, 0.2) is 0 Å². The third-order valence-corrected chi connectivity index (χ3v) is 4.04. The molecule has 0 fully saturated rings. The maximum atomic E-state index is 13.8. The standard InChI is InChI=1S/C13H14ClFN2S/c1-2-5-17-12(13-10(14)4-7-18-13)9-3-6-16-8-11(9)15/h3-4,6-8,12,17H,2,5H2,1H3. The van der Waals surface area contributed by atoms with Gasteiger partial charge < -0.3 is 5.32 Å². The van der Waals surface area contributed by atoms with E-state index in [9.17, 15) is 4.39 Å². The largest absolute Gasteiger partial charge is 0.305 e. The van der Waals surface area contributed by atoms with E-state index in [2.05, 4.69) is 17.2 Å². The van der Waals surface area contributed by atoms with Crippen LogP contribution in [0.25, 0.3) is 0 Å². The number of hydrogen-bond donors (Lipinski definition) is 1. The first-order valence-electron chi connectivity index (χ1n) is 5.79. The van der Waals surface area contributed by atoms with Crippen molar-refractivity contribution < 1.29 is 4.39 Å². The zero-order valence-electron chi connectivity index (χ0n) is 9.99. The predicted molar refractivity (Wildman–Crippen MR) is 73.7 cm³/mol. The van der Waals surface area contributed by atoms with Crippen molar-refractivity contribution in [1.29, 1.82) is 0 Å². The summed E-state index contributed by atoms with van der Waals surface area (Å²) in [7, 11) is 0. The molecule has 2 rings (SSSR count). The zero-order chi connectivity index (χ0) is 13.0. The molecule has 0 radical (unpaired) electrons. The third-order valence-electron chi connectivity index (χ3n) is 2.62. The van der Waals surface area contributed by atoms with Crippen molar-refractivity contribution in [2.75, 3.05) is 6.54 Å². The molecule has 2 aromatic rings. The fraction of sp³-hybridized carbons (Fsp3) is 0.308. The highest BCUT2D eigenvalue weighted by molar-refractivity contribution is 7.10. The van der Waals surface area contributed by atoms with Gasteiger partial charge in [-0.2, -0.15) is 0 Å². The Morgan fingerprint density at radius 1 is 1.50 bits per heavy atom. The molecule has 2 heterocycles. The molecule has 0 spiro atoms. The van der Waals surface area contributed by atoms with Gasteiger partial charge in [-0.1, -0.05) is 18.5 Å². The van der Waals surface area contributed by atoms with E-state index in [0.717, 1.165) is 17.8 Å². The molecule has 0 bridgehead atoms. The van der Waals surface area contributed by atoms with Crippen LogP contribution in [-0.2, 0) is 0 Å². The summed E-state index contributed by atoms with van der Waals surface area (Å²) in [5, 5.41) is 5.91. The second kappa shape index (κ2) is 6.27. The molecule has 0 aromatic carbocycles. The molecule has 0 aliphatic heterocycles. The third kappa shape index (κ3) is 2.88. The van der Waals surface area contributed by atoms with E-state index in [4.69, 9.17) is 11.6 Å². The van der Waals surface area contributed by atoms with Crippen LogP contribution < -0.4 is 5.32 Å². The van der Waals surface area contributed by atoms with E-state index >= 15 is 0 Å². The first kappa shape index (κ1) is 13.5. The molecule has 1 atom stereocenters. The van der Waals surface area contributed by atoms with Gasteiger partial charge in [0.25, 0.3) is 0 Å². The van der Waals surface area contributed by atoms with Gasteiger partial charge in [0, 0.05) is 16.6 Å². The van der Waals surface area contributed by atoms with E-state index in [1.807, 2.05) is 11.4 Å². The zero-order valence-corrected chi connectivity index (χ0v) is 11.6. The quantitative estimate of drug-likeness (QED) is 0.897. The number of rotatable bonds is 5. The Kier molecular flexibility index (Phi) is 4.69. The number of nitrogens with one attached hydrogen (secondary N) is 1. The van der Waals surface area contributed by atoms with Crippen LogP contribution in [-0.4, -0.2) is 11.5 Å². The number of aromatic nitrogens is 1. The average molecular weight is 285 g/mol. The van der Waals surface area contributed by atoms with Gasteiger partial charge in [0.1, 0.15) is 5.82 Å². The molecular formula is C13H14ClFN2S. The van der Waals surface area contributed by atoms with Crippen LogP contribution in [0.1, 0.15) is 29.8 Å². The topological polar surface area (TPSA) is 24.9 Å². The first-order valence-corrected chi connectivity index (χ1v) is 7.05. The van der Waals surface area contributed by atoms with E-state index in [0.29, 0.717) is 10.6 Å². The monoisotopic (exact) mass is 284 g/mol. The van der Waals surface area contributed by atoms with Crippen LogP contribution in [0.2, 0.25) is 5.02 Å². The minimum atomic E-state index is -0.310. The number of hydrogen-bond acceptors (Lipinski definition) is 3. The number of nitrogens with zero attached hydrogens (tertiary/aromatic N) is 1. The van der Waals surface area contributed by atoms with E-state index < -0.39 is 0 Å². The lowest BCUT2D eigenvalue weighted by molar-refractivity contribution is 0.547. The molecule has 2 nitrogen and oxygen atoms in total. The maximum absolute atomic E-state index is 13.8. The van der Waals surface area contributed by atoms with Gasteiger partial charge in [0.05, 0.1) is 17.3 Å². The van der Waals surface area contributed by atoms with Gasteiger partial charge in [-0.05, 0) is 30.5 Å². The van der Waals surface area contributed by atoms with Crippen molar-refractivity contribution in [3.8, 4) is 0 Å². The van der Waals surface area contributed by atoms with Gasteiger partial charge in [-0.3, -0.25) is 4.98 Å². The predicted octanol–water partition coefficient (Wildman–Crippen LogP) is 4.02. The molecule has 96 valence electrons. The summed E-state index contributed by atoms with van der Waals surface area (Å²) in [6.07, 6.45) is 3.81. The second-order valence-corrected chi connectivity index (χ2v) is 5.27. The summed E-state index contributed by atoms with van der Waals surface area (Å²) in [6, 6.07) is 3.32. The van der Waals surface area contributed by atoms with Crippen LogP contribution in [0.15, 0.2) is 29.9 Å². The molecule has 0 aliphatic carbocycles. The van der Waals surface area contributed by atoms with Crippen molar-refractivity contribution >= 4 is 22.9 Å². The first-order chi connectivity index (χ1) is 8.74. The van der Waals surface area contributed by atoms with E-state index in [-0.39, 0.29) is 11.9 Å². The lowest BCUT2D eigenvalue weighted by Crippen LogP contribution is -2.23. The molecule has 0 aliphatic rings. The van der Waals surface area contributed by atoms with E-state index in [1.54, 1.807) is 12.3 Å². The fourth-order valence-corrected chi connectivity index (χ4v) is 3.02. The van der Waals surface area contributed by atoms with Crippen molar-refractivity contribution in [3.05, 3.63) is 51.2 Å². The summed E-state index contributed by atoms with van der Waals surface area (Å²) >= 11 is 7.68. The minimum absolute atomic E-state index is 0.208. The smallest absolute Gasteiger partial charge is 0.146 e. The van der Waals surface area contributed by atoms with Gasteiger partial charge in [-0.15, -0.1) is 11.3 Å². The van der Waals surface area contributed by atoms with Crippen molar-refractivity contribution in [3.63, 3.8) is 0 Å². The molecule has 5 heteroatoms. The Bertz CT molecular complexity index is 515. The summed E-state index contributed by atoms with van der Waals surface area (Å²) in [4.78, 5) is 4.72. The fourth-order valence-electron chi connectivity index (χ4n) is 1.76. The van der Waals surface area contributed by atoms with Crippen LogP contribution in [0, 0.1) is 5.82 Å². The highest BCUT2D eigenvalue weighted by Gasteiger charge is 2.20. The van der Waals surface area contributed by atoms with Crippen LogP contribution >= 0.6 is 22.9 Å². The number of thiophene rings is 1. The Balaban J connectivity index is 2.37. The Morgan fingerprint density at radius 2 is 2.33 bits per heavy atom. The molecule has 18 heavy (non-hydrogen) atoms. The molecule has 1 N–H and O–H groups in total. The van der Waals surface area contributed by atoms with Crippen molar-refractivity contribution in [2.24, 2.45) is 0 Å². The molecule has 0 saturated heterocycles. The lowest BCUT2D eigenvalue weighted by atomic mass is 10.1. The molecule has 0 saturated carbocycles. The molecule has 0 amide bonds. The van der Waals surface area contributed by atoms with Gasteiger partial charge in [0.2, 0.25) is 0 Å². The Hall–Kier alpha value is -0.970. The lowest BCUT2D eigenvalue weighted by Gasteiger charge is -2.18. The van der Waals surface area contributed by atoms with Gasteiger partial charge in [-0.25, -0.2) is 4.39 Å². The molecule has 2 aromatic heterocycles. The second-order valence-electron chi connectivity index (χ2n) is 3.92. The molecule has 1 unspecified atom stereocenters. The Labute approximate surface area is 115 Å². The van der Waals surface area contributed by atoms with E-state index in [1.165, 1.54) is 17.5 Å². The Morgan fingerprint density at radius 3 is 2.94 bits per heavy atom. The number of halogens is 2. The van der Waals surface area contributed by atoms with Crippen LogP contribution in [0.4, 0.5) is 4.39 Å². The summed E-state index contributed by atoms with van der Waals surface area (Å²) < 4.78 is 13.8. The highest BCUT2D eigenvalue weighted by Crippen LogP contribution is 2.33. The van der Waals surface area contributed by atoms with Crippen LogP contribution in [0.3, 0.4) is 0 Å². The SMILES string of the molecule is CCCNC(c1ccncc1F)c1sccc1Cl. The average Bonchev–Trinajstić information content (AvgIpc) is 2.78. The normalized spacial score (nSPS) is 12.6. The highest BCUT2D eigenvalue weighted by atomic mass is 35.5. The minimum Gasteiger partial charge on any atom is -0.305 e. The molecular weight excluding hydrogens is 271 g/mol. The van der Waals surface area contributed by atoms with Crippen molar-refractivity contribution in [1.82, 2.24) is 10.3 Å². The summed E-state index contributed by atoms with van der Waals surface area (Å²) in [5.74, 6) is -0.310. The summed E-state index contributed by atoms with van der Waals surface area (Å²) in [6.45, 7) is 2.88.